The maximum absolute atomic E-state index is 13.3. The molecule has 0 bridgehead atoms. The Morgan fingerprint density at radius 1 is 1.25 bits per heavy atom. The number of hydrogen-bond donors (Lipinski definition) is 3. The smallest absolute Gasteiger partial charge is 0.254 e. The lowest BCUT2D eigenvalue weighted by Crippen LogP contribution is -2.37. The number of nitrogens with zero attached hydrogens (tertiary/aromatic N) is 1. The lowest BCUT2D eigenvalue weighted by Gasteiger charge is -2.06. The maximum Gasteiger partial charge on any atom is 0.254 e. The summed E-state index contributed by atoms with van der Waals surface area (Å²) in [6.07, 6.45) is 3.21. The van der Waals surface area contributed by atoms with E-state index in [0.717, 1.165) is 0 Å². The summed E-state index contributed by atoms with van der Waals surface area (Å²) in [5, 5.41) is 4.91. The van der Waals surface area contributed by atoms with Crippen molar-refractivity contribution in [2.45, 2.75) is 6.54 Å². The summed E-state index contributed by atoms with van der Waals surface area (Å²) in [6, 6.07) is 5.58. The number of amides is 2. The number of H-pyrrole nitrogens is 1. The van der Waals surface area contributed by atoms with Gasteiger partial charge in [0.05, 0.1) is 18.7 Å². The molecule has 2 amide bonds. The number of carbonyl (C=O) groups excluding carboxylic acids is 2. The Kier molecular flexibility index (Phi) is 4.43. The fraction of sp³-hybridized carbons (Fsp3) is 0.154. The second-order valence-corrected chi connectivity index (χ2v) is 3.98. The molecule has 6 nitrogen and oxygen atoms in total. The van der Waals surface area contributed by atoms with Crippen LogP contribution in [0.4, 0.5) is 4.39 Å². The van der Waals surface area contributed by atoms with Crippen molar-refractivity contribution in [1.29, 1.82) is 0 Å². The first kappa shape index (κ1) is 13.7. The Hall–Kier alpha value is -2.70. The minimum absolute atomic E-state index is 0.0914. The van der Waals surface area contributed by atoms with Crippen LogP contribution in [0.5, 0.6) is 0 Å². The van der Waals surface area contributed by atoms with Crippen LogP contribution in [-0.2, 0) is 11.3 Å². The predicted molar refractivity (Wildman–Crippen MR) is 69.2 cm³/mol. The van der Waals surface area contributed by atoms with Crippen molar-refractivity contribution in [3.05, 3.63) is 53.9 Å². The van der Waals surface area contributed by atoms with E-state index in [1.165, 1.54) is 18.2 Å². The highest BCUT2D eigenvalue weighted by Gasteiger charge is 2.11. The second-order valence-electron chi connectivity index (χ2n) is 3.98. The molecule has 7 heteroatoms. The second kappa shape index (κ2) is 6.46. The molecule has 0 unspecified atom stereocenters. The number of aromatic amines is 1. The van der Waals surface area contributed by atoms with E-state index in [4.69, 9.17) is 0 Å². The number of imidazole rings is 1. The number of rotatable bonds is 5. The van der Waals surface area contributed by atoms with E-state index < -0.39 is 11.7 Å². The van der Waals surface area contributed by atoms with Crippen molar-refractivity contribution >= 4 is 11.8 Å². The molecule has 0 atom stereocenters. The van der Waals surface area contributed by atoms with Gasteiger partial charge in [-0.1, -0.05) is 12.1 Å². The number of halogens is 1. The average Bonchev–Trinajstić information content (AvgIpc) is 2.96. The van der Waals surface area contributed by atoms with E-state index in [2.05, 4.69) is 20.6 Å². The molecular weight excluding hydrogens is 263 g/mol. The zero-order valence-corrected chi connectivity index (χ0v) is 10.5. The van der Waals surface area contributed by atoms with Gasteiger partial charge in [-0.3, -0.25) is 9.59 Å². The Morgan fingerprint density at radius 3 is 2.75 bits per heavy atom. The van der Waals surface area contributed by atoms with Gasteiger partial charge in [0.2, 0.25) is 5.91 Å². The number of hydrogen-bond acceptors (Lipinski definition) is 3. The minimum atomic E-state index is -0.628. The van der Waals surface area contributed by atoms with Crippen molar-refractivity contribution < 1.29 is 14.0 Å². The minimum Gasteiger partial charge on any atom is -0.347 e. The van der Waals surface area contributed by atoms with Crippen molar-refractivity contribution in [3.8, 4) is 0 Å². The normalized spacial score (nSPS) is 10.1. The van der Waals surface area contributed by atoms with Gasteiger partial charge in [0.15, 0.2) is 0 Å². The molecule has 0 aliphatic rings. The SMILES string of the molecule is O=C(CNC(=O)c1ccccc1F)NCc1ncc[nH]1. The third kappa shape index (κ3) is 3.64. The predicted octanol–water partition coefficient (Wildman–Crippen LogP) is 0.595. The van der Waals surface area contributed by atoms with Gasteiger partial charge in [-0.15, -0.1) is 0 Å². The van der Waals surface area contributed by atoms with E-state index in [-0.39, 0.29) is 24.6 Å². The molecule has 1 heterocycles. The quantitative estimate of drug-likeness (QED) is 0.747. The van der Waals surface area contributed by atoms with Gasteiger partial charge in [0, 0.05) is 12.4 Å². The third-order valence-corrected chi connectivity index (χ3v) is 2.54. The topological polar surface area (TPSA) is 86.9 Å². The van der Waals surface area contributed by atoms with Gasteiger partial charge < -0.3 is 15.6 Å². The molecule has 2 aromatic rings. The van der Waals surface area contributed by atoms with Crippen molar-refractivity contribution in [1.82, 2.24) is 20.6 Å². The fourth-order valence-corrected chi connectivity index (χ4v) is 1.54. The molecule has 2 rings (SSSR count). The van der Waals surface area contributed by atoms with Crippen LogP contribution in [0.1, 0.15) is 16.2 Å². The molecule has 3 N–H and O–H groups in total. The standard InChI is InChI=1S/C13H13FN4O2/c14-10-4-2-1-3-9(10)13(20)18-8-12(19)17-7-11-15-5-6-16-11/h1-6H,7-8H2,(H,15,16)(H,17,19)(H,18,20). The first-order chi connectivity index (χ1) is 9.66. The Morgan fingerprint density at radius 2 is 2.05 bits per heavy atom. The summed E-state index contributed by atoms with van der Waals surface area (Å²) in [7, 11) is 0. The van der Waals surface area contributed by atoms with E-state index in [9.17, 15) is 14.0 Å². The molecule has 0 fully saturated rings. The third-order valence-electron chi connectivity index (χ3n) is 2.54. The molecule has 0 spiro atoms. The van der Waals surface area contributed by atoms with Crippen LogP contribution in [-0.4, -0.2) is 28.3 Å². The number of nitrogens with one attached hydrogen (secondary N) is 3. The molecular formula is C13H13FN4O2. The van der Waals surface area contributed by atoms with E-state index in [1.54, 1.807) is 18.5 Å². The highest BCUT2D eigenvalue weighted by Crippen LogP contribution is 2.05. The summed E-state index contributed by atoms with van der Waals surface area (Å²) >= 11 is 0. The van der Waals surface area contributed by atoms with Crippen LogP contribution >= 0.6 is 0 Å². The van der Waals surface area contributed by atoms with Crippen molar-refractivity contribution in [2.75, 3.05) is 6.54 Å². The largest absolute Gasteiger partial charge is 0.347 e. The summed E-state index contributed by atoms with van der Waals surface area (Å²) in [4.78, 5) is 29.9. The molecule has 20 heavy (non-hydrogen) atoms. The Balaban J connectivity index is 1.78. The maximum atomic E-state index is 13.3. The molecule has 104 valence electrons. The van der Waals surface area contributed by atoms with Crippen LogP contribution in [0, 0.1) is 5.82 Å². The summed E-state index contributed by atoms with van der Waals surface area (Å²) < 4.78 is 13.3. The molecule has 1 aromatic heterocycles. The van der Waals surface area contributed by atoms with Gasteiger partial charge in [-0.25, -0.2) is 9.37 Å². The van der Waals surface area contributed by atoms with Gasteiger partial charge in [-0.05, 0) is 12.1 Å². The zero-order valence-electron chi connectivity index (χ0n) is 10.5. The van der Waals surface area contributed by atoms with Crippen molar-refractivity contribution in [2.24, 2.45) is 0 Å². The van der Waals surface area contributed by atoms with E-state index in [0.29, 0.717) is 5.82 Å². The molecule has 0 saturated heterocycles. The first-order valence-corrected chi connectivity index (χ1v) is 5.94. The number of carbonyl (C=O) groups is 2. The molecule has 0 radical (unpaired) electrons. The van der Waals surface area contributed by atoms with Crippen LogP contribution in [0.2, 0.25) is 0 Å². The molecule has 0 aliphatic heterocycles. The van der Waals surface area contributed by atoms with Crippen LogP contribution in [0.15, 0.2) is 36.7 Å². The fourth-order valence-electron chi connectivity index (χ4n) is 1.54. The summed E-state index contributed by atoms with van der Waals surface area (Å²) in [5.41, 5.74) is -0.0914. The monoisotopic (exact) mass is 276 g/mol. The lowest BCUT2D eigenvalue weighted by molar-refractivity contribution is -0.120. The molecule has 0 saturated carbocycles. The summed E-state index contributed by atoms with van der Waals surface area (Å²) in [5.74, 6) is -1.03. The van der Waals surface area contributed by atoms with Crippen molar-refractivity contribution in [3.63, 3.8) is 0 Å². The zero-order chi connectivity index (χ0) is 14.4. The molecule has 0 aliphatic carbocycles. The Bertz CT molecular complexity index is 598. The number of benzene rings is 1. The van der Waals surface area contributed by atoms with E-state index >= 15 is 0 Å². The lowest BCUT2D eigenvalue weighted by atomic mass is 10.2. The highest BCUT2D eigenvalue weighted by molar-refractivity contribution is 5.96. The van der Waals surface area contributed by atoms with Crippen LogP contribution < -0.4 is 10.6 Å². The first-order valence-electron chi connectivity index (χ1n) is 5.94. The Labute approximate surface area is 114 Å². The summed E-state index contributed by atoms with van der Waals surface area (Å²) in [6.45, 7) is 0.00920. The van der Waals surface area contributed by atoms with Gasteiger partial charge >= 0.3 is 0 Å². The van der Waals surface area contributed by atoms with Gasteiger partial charge in [0.25, 0.3) is 5.91 Å². The highest BCUT2D eigenvalue weighted by atomic mass is 19.1. The average molecular weight is 276 g/mol. The van der Waals surface area contributed by atoms with Crippen LogP contribution in [0.25, 0.3) is 0 Å². The number of aromatic nitrogens is 2. The van der Waals surface area contributed by atoms with Gasteiger partial charge in [0.1, 0.15) is 11.6 Å². The molecule has 1 aromatic carbocycles. The van der Waals surface area contributed by atoms with E-state index in [1.807, 2.05) is 0 Å². The van der Waals surface area contributed by atoms with Gasteiger partial charge in [-0.2, -0.15) is 0 Å². The van der Waals surface area contributed by atoms with Crippen LogP contribution in [0.3, 0.4) is 0 Å².